The van der Waals surface area contributed by atoms with Crippen molar-refractivity contribution in [3.8, 4) is 5.75 Å². The minimum atomic E-state index is 0.0857. The molecule has 0 saturated carbocycles. The third kappa shape index (κ3) is 7.17. The predicted octanol–water partition coefficient (Wildman–Crippen LogP) is 4.49. The summed E-state index contributed by atoms with van der Waals surface area (Å²) in [5.74, 6) is 0.892. The van der Waals surface area contributed by atoms with Crippen LogP contribution in [0.15, 0.2) is 24.3 Å². The maximum atomic E-state index is 7.39. The third-order valence-electron chi connectivity index (χ3n) is 3.41. The zero-order valence-corrected chi connectivity index (χ0v) is 12.7. The standard InChI is InChI=1S/C17H28N2O/c1-2-3-4-5-6-7-8-9-13-20-16-12-10-11-15(14-16)17(18)19/h10-12,14H,2-9,13H2,1H3,(H3,18,19). The van der Waals surface area contributed by atoms with Gasteiger partial charge < -0.3 is 10.5 Å². The van der Waals surface area contributed by atoms with Gasteiger partial charge in [0.25, 0.3) is 0 Å². The quantitative estimate of drug-likeness (QED) is 0.355. The van der Waals surface area contributed by atoms with Gasteiger partial charge in [-0.2, -0.15) is 0 Å². The molecule has 0 saturated heterocycles. The summed E-state index contributed by atoms with van der Waals surface area (Å²) in [7, 11) is 0. The molecular formula is C17H28N2O. The molecule has 0 fully saturated rings. The Labute approximate surface area is 123 Å². The molecule has 0 aliphatic heterocycles. The molecule has 0 amide bonds. The van der Waals surface area contributed by atoms with Gasteiger partial charge in [-0.3, -0.25) is 5.41 Å². The van der Waals surface area contributed by atoms with E-state index in [0.29, 0.717) is 0 Å². The summed E-state index contributed by atoms with van der Waals surface area (Å²) in [6.45, 7) is 2.99. The largest absolute Gasteiger partial charge is 0.494 e. The van der Waals surface area contributed by atoms with Gasteiger partial charge in [0.15, 0.2) is 0 Å². The molecule has 0 unspecified atom stereocenters. The predicted molar refractivity (Wildman–Crippen MR) is 85.6 cm³/mol. The van der Waals surface area contributed by atoms with Crippen molar-refractivity contribution in [1.82, 2.24) is 0 Å². The molecule has 1 aromatic rings. The number of unbranched alkanes of at least 4 members (excludes halogenated alkanes) is 7. The molecule has 0 atom stereocenters. The van der Waals surface area contributed by atoms with Crippen molar-refractivity contribution < 1.29 is 4.74 Å². The average molecular weight is 276 g/mol. The molecule has 20 heavy (non-hydrogen) atoms. The molecular weight excluding hydrogens is 248 g/mol. The van der Waals surface area contributed by atoms with Crippen LogP contribution < -0.4 is 10.5 Å². The van der Waals surface area contributed by atoms with Gasteiger partial charge in [-0.1, -0.05) is 64.0 Å². The van der Waals surface area contributed by atoms with Gasteiger partial charge in [0.05, 0.1) is 6.61 Å². The molecule has 3 N–H and O–H groups in total. The molecule has 1 rings (SSSR count). The Bertz CT molecular complexity index is 390. The lowest BCUT2D eigenvalue weighted by molar-refractivity contribution is 0.304. The summed E-state index contributed by atoms with van der Waals surface area (Å²) in [4.78, 5) is 0. The lowest BCUT2D eigenvalue weighted by Crippen LogP contribution is -2.11. The van der Waals surface area contributed by atoms with E-state index in [1.54, 1.807) is 0 Å². The Balaban J connectivity index is 2.06. The fourth-order valence-corrected chi connectivity index (χ4v) is 2.18. The van der Waals surface area contributed by atoms with Crippen LogP contribution >= 0.6 is 0 Å². The van der Waals surface area contributed by atoms with Crippen LogP contribution in [0.2, 0.25) is 0 Å². The van der Waals surface area contributed by atoms with Gasteiger partial charge in [-0.05, 0) is 18.6 Å². The molecule has 112 valence electrons. The molecule has 0 aromatic heterocycles. The summed E-state index contributed by atoms with van der Waals surface area (Å²) < 4.78 is 5.69. The first-order valence-corrected chi connectivity index (χ1v) is 7.81. The number of benzene rings is 1. The maximum absolute atomic E-state index is 7.39. The van der Waals surface area contributed by atoms with Crippen LogP contribution in [0.1, 0.15) is 63.9 Å². The van der Waals surface area contributed by atoms with E-state index in [4.69, 9.17) is 15.9 Å². The lowest BCUT2D eigenvalue weighted by Gasteiger charge is -2.07. The first-order valence-electron chi connectivity index (χ1n) is 7.81. The minimum Gasteiger partial charge on any atom is -0.494 e. The van der Waals surface area contributed by atoms with E-state index in [2.05, 4.69) is 6.92 Å². The SMILES string of the molecule is CCCCCCCCCCOc1cccc(C(=N)N)c1. The second-order valence-electron chi connectivity index (χ2n) is 5.26. The van der Waals surface area contributed by atoms with Crippen LogP contribution in [0.3, 0.4) is 0 Å². The Morgan fingerprint density at radius 3 is 2.35 bits per heavy atom. The van der Waals surface area contributed by atoms with Crippen LogP contribution in [0.25, 0.3) is 0 Å². The normalized spacial score (nSPS) is 10.4. The van der Waals surface area contributed by atoms with Gasteiger partial charge in [0.1, 0.15) is 11.6 Å². The van der Waals surface area contributed by atoms with Crippen molar-refractivity contribution in [2.45, 2.75) is 58.3 Å². The maximum Gasteiger partial charge on any atom is 0.122 e. The zero-order chi connectivity index (χ0) is 14.6. The second-order valence-corrected chi connectivity index (χ2v) is 5.26. The molecule has 0 spiro atoms. The van der Waals surface area contributed by atoms with Crippen LogP contribution in [-0.2, 0) is 0 Å². The second kappa shape index (κ2) is 10.3. The Hall–Kier alpha value is -1.51. The van der Waals surface area contributed by atoms with Gasteiger partial charge in [0, 0.05) is 5.56 Å². The van der Waals surface area contributed by atoms with Crippen molar-refractivity contribution >= 4 is 5.84 Å². The average Bonchev–Trinajstić information content (AvgIpc) is 2.46. The van der Waals surface area contributed by atoms with Crippen molar-refractivity contribution in [2.24, 2.45) is 5.73 Å². The zero-order valence-electron chi connectivity index (χ0n) is 12.7. The fraction of sp³-hybridized carbons (Fsp3) is 0.588. The number of nitrogen functional groups attached to an aromatic ring is 1. The molecule has 1 aromatic carbocycles. The van der Waals surface area contributed by atoms with Crippen molar-refractivity contribution in [3.05, 3.63) is 29.8 Å². The van der Waals surface area contributed by atoms with Gasteiger partial charge in [0.2, 0.25) is 0 Å². The van der Waals surface area contributed by atoms with E-state index in [9.17, 15) is 0 Å². The highest BCUT2D eigenvalue weighted by Crippen LogP contribution is 2.14. The van der Waals surface area contributed by atoms with E-state index < -0.39 is 0 Å². The molecule has 3 heteroatoms. The molecule has 0 radical (unpaired) electrons. The van der Waals surface area contributed by atoms with Gasteiger partial charge in [-0.25, -0.2) is 0 Å². The van der Waals surface area contributed by atoms with Crippen molar-refractivity contribution in [3.63, 3.8) is 0 Å². The summed E-state index contributed by atoms with van der Waals surface area (Å²) in [6, 6.07) is 7.44. The van der Waals surface area contributed by atoms with Crippen LogP contribution in [0.5, 0.6) is 5.75 Å². The van der Waals surface area contributed by atoms with Gasteiger partial charge in [-0.15, -0.1) is 0 Å². The summed E-state index contributed by atoms with van der Waals surface area (Å²) >= 11 is 0. The Kier molecular flexibility index (Phi) is 8.52. The Morgan fingerprint density at radius 2 is 1.70 bits per heavy atom. The first kappa shape index (κ1) is 16.5. The highest BCUT2D eigenvalue weighted by molar-refractivity contribution is 5.95. The van der Waals surface area contributed by atoms with E-state index in [-0.39, 0.29) is 5.84 Å². The van der Waals surface area contributed by atoms with Crippen molar-refractivity contribution in [1.29, 1.82) is 5.41 Å². The highest BCUT2D eigenvalue weighted by atomic mass is 16.5. The summed E-state index contributed by atoms with van der Waals surface area (Å²) in [5, 5.41) is 7.39. The van der Waals surface area contributed by atoms with Crippen LogP contribution in [-0.4, -0.2) is 12.4 Å². The molecule has 0 aliphatic carbocycles. The Morgan fingerprint density at radius 1 is 1.05 bits per heavy atom. The van der Waals surface area contributed by atoms with E-state index in [1.807, 2.05) is 24.3 Å². The summed E-state index contributed by atoms with van der Waals surface area (Å²) in [6.07, 6.45) is 10.4. The number of ether oxygens (including phenoxy) is 1. The fourth-order valence-electron chi connectivity index (χ4n) is 2.18. The molecule has 0 bridgehead atoms. The third-order valence-corrected chi connectivity index (χ3v) is 3.41. The number of hydrogen-bond acceptors (Lipinski definition) is 2. The molecule has 3 nitrogen and oxygen atoms in total. The molecule has 0 aliphatic rings. The number of nitrogens with two attached hydrogens (primary N) is 1. The highest BCUT2D eigenvalue weighted by Gasteiger charge is 1.99. The van der Waals surface area contributed by atoms with Gasteiger partial charge >= 0.3 is 0 Å². The van der Waals surface area contributed by atoms with Crippen molar-refractivity contribution in [2.75, 3.05) is 6.61 Å². The number of amidine groups is 1. The number of rotatable bonds is 11. The lowest BCUT2D eigenvalue weighted by atomic mass is 10.1. The van der Waals surface area contributed by atoms with E-state index in [1.165, 1.54) is 44.9 Å². The van der Waals surface area contributed by atoms with E-state index in [0.717, 1.165) is 24.3 Å². The topological polar surface area (TPSA) is 59.1 Å². The first-order chi connectivity index (χ1) is 9.74. The number of hydrogen-bond donors (Lipinski definition) is 2. The minimum absolute atomic E-state index is 0.0857. The summed E-state index contributed by atoms with van der Waals surface area (Å²) in [5.41, 5.74) is 6.18. The van der Waals surface area contributed by atoms with Crippen LogP contribution in [0.4, 0.5) is 0 Å². The number of nitrogens with one attached hydrogen (secondary N) is 1. The van der Waals surface area contributed by atoms with Crippen LogP contribution in [0, 0.1) is 5.41 Å². The molecule has 0 heterocycles. The smallest absolute Gasteiger partial charge is 0.122 e. The monoisotopic (exact) mass is 276 g/mol. The van der Waals surface area contributed by atoms with E-state index >= 15 is 0 Å².